The van der Waals surface area contributed by atoms with Gasteiger partial charge in [-0.25, -0.2) is 0 Å². The fourth-order valence-electron chi connectivity index (χ4n) is 2.16. The normalized spacial score (nSPS) is 12.4. The summed E-state index contributed by atoms with van der Waals surface area (Å²) in [6.45, 7) is 3.94. The fraction of sp³-hybridized carbons (Fsp3) is 0. The average molecular weight is 194 g/mol. The number of rotatable bonds is 0. The SMILES string of the molecule is C=c1cccc2c1=C(O)c1ccccc1-2. The van der Waals surface area contributed by atoms with Crippen molar-refractivity contribution in [2.45, 2.75) is 0 Å². The molecule has 72 valence electrons. The Morgan fingerprint density at radius 1 is 0.800 bits per heavy atom. The highest BCUT2D eigenvalue weighted by Gasteiger charge is 2.18. The fourth-order valence-corrected chi connectivity index (χ4v) is 2.16. The van der Waals surface area contributed by atoms with Crippen molar-refractivity contribution in [3.05, 3.63) is 58.5 Å². The van der Waals surface area contributed by atoms with Crippen LogP contribution in [-0.4, -0.2) is 5.11 Å². The summed E-state index contributed by atoms with van der Waals surface area (Å²) in [5, 5.41) is 11.8. The van der Waals surface area contributed by atoms with Crippen molar-refractivity contribution >= 4 is 12.3 Å². The molecule has 0 spiro atoms. The molecule has 0 saturated heterocycles. The lowest BCUT2D eigenvalue weighted by molar-refractivity contribution is 0.509. The molecule has 0 saturated carbocycles. The van der Waals surface area contributed by atoms with Crippen LogP contribution in [0.3, 0.4) is 0 Å². The van der Waals surface area contributed by atoms with E-state index < -0.39 is 0 Å². The van der Waals surface area contributed by atoms with Gasteiger partial charge >= 0.3 is 0 Å². The summed E-state index contributed by atoms with van der Waals surface area (Å²) in [5.41, 5.74) is 3.08. The van der Waals surface area contributed by atoms with Gasteiger partial charge in [-0.3, -0.25) is 0 Å². The Morgan fingerprint density at radius 2 is 1.47 bits per heavy atom. The number of hydrogen-bond acceptors (Lipinski definition) is 1. The first kappa shape index (κ1) is 8.30. The standard InChI is InChI=1S/C14H10O/c1-9-5-4-8-11-10-6-2-3-7-12(10)14(15)13(9)11/h2-8,15H,1H2. The molecule has 3 rings (SSSR count). The molecule has 0 radical (unpaired) electrons. The smallest absolute Gasteiger partial charge is 0.131 e. The number of benzene rings is 2. The first-order valence-corrected chi connectivity index (χ1v) is 4.90. The van der Waals surface area contributed by atoms with Crippen molar-refractivity contribution < 1.29 is 5.11 Å². The molecule has 2 aromatic carbocycles. The molecule has 2 aromatic rings. The van der Waals surface area contributed by atoms with Gasteiger partial charge in [0, 0.05) is 10.8 Å². The van der Waals surface area contributed by atoms with Gasteiger partial charge in [-0.05, 0) is 16.3 Å². The van der Waals surface area contributed by atoms with E-state index >= 15 is 0 Å². The van der Waals surface area contributed by atoms with Gasteiger partial charge in [0.1, 0.15) is 5.76 Å². The molecule has 1 aliphatic carbocycles. The zero-order chi connectivity index (χ0) is 10.4. The zero-order valence-electron chi connectivity index (χ0n) is 8.20. The highest BCUT2D eigenvalue weighted by atomic mass is 16.3. The van der Waals surface area contributed by atoms with Gasteiger partial charge < -0.3 is 5.11 Å². The summed E-state index contributed by atoms with van der Waals surface area (Å²) < 4.78 is 0. The maximum atomic E-state index is 10.1. The van der Waals surface area contributed by atoms with Crippen LogP contribution in [0.25, 0.3) is 23.5 Å². The van der Waals surface area contributed by atoms with Gasteiger partial charge in [-0.2, -0.15) is 0 Å². The predicted octanol–water partition coefficient (Wildman–Crippen LogP) is 1.79. The Morgan fingerprint density at radius 3 is 2.27 bits per heavy atom. The van der Waals surface area contributed by atoms with Gasteiger partial charge in [-0.15, -0.1) is 0 Å². The Hall–Kier alpha value is -2.02. The van der Waals surface area contributed by atoms with E-state index in [1.165, 1.54) is 0 Å². The lowest BCUT2D eigenvalue weighted by Gasteiger charge is -1.99. The van der Waals surface area contributed by atoms with Gasteiger partial charge in [-0.1, -0.05) is 49.0 Å². The lowest BCUT2D eigenvalue weighted by Crippen LogP contribution is -2.24. The molecule has 1 heteroatoms. The van der Waals surface area contributed by atoms with Gasteiger partial charge in [0.15, 0.2) is 0 Å². The van der Waals surface area contributed by atoms with E-state index in [-0.39, 0.29) is 0 Å². The second-order valence-electron chi connectivity index (χ2n) is 3.73. The third-order valence-electron chi connectivity index (χ3n) is 2.86. The quantitative estimate of drug-likeness (QED) is 0.678. The summed E-state index contributed by atoms with van der Waals surface area (Å²) in [6, 6.07) is 13.8. The van der Waals surface area contributed by atoms with Crippen molar-refractivity contribution in [2.24, 2.45) is 0 Å². The third-order valence-corrected chi connectivity index (χ3v) is 2.86. The lowest BCUT2D eigenvalue weighted by atomic mass is 10.1. The molecule has 0 heterocycles. The number of fused-ring (bicyclic) bond motifs is 3. The van der Waals surface area contributed by atoms with E-state index in [0.717, 1.165) is 27.1 Å². The maximum Gasteiger partial charge on any atom is 0.131 e. The zero-order valence-corrected chi connectivity index (χ0v) is 8.20. The first-order chi connectivity index (χ1) is 7.29. The monoisotopic (exact) mass is 194 g/mol. The van der Waals surface area contributed by atoms with Crippen LogP contribution >= 0.6 is 0 Å². The van der Waals surface area contributed by atoms with Crippen molar-refractivity contribution in [2.75, 3.05) is 0 Å². The molecule has 0 aliphatic heterocycles. The molecule has 15 heavy (non-hydrogen) atoms. The minimum Gasteiger partial charge on any atom is -0.507 e. The summed E-state index contributed by atoms with van der Waals surface area (Å²) in [7, 11) is 0. The minimum atomic E-state index is 0.353. The van der Waals surface area contributed by atoms with E-state index in [9.17, 15) is 5.11 Å². The topological polar surface area (TPSA) is 20.2 Å². The molecule has 1 aliphatic rings. The van der Waals surface area contributed by atoms with Crippen LogP contribution in [0.2, 0.25) is 0 Å². The number of aliphatic hydroxyl groups excluding tert-OH is 1. The van der Waals surface area contributed by atoms with E-state index in [0.29, 0.717) is 5.76 Å². The Kier molecular flexibility index (Phi) is 1.51. The van der Waals surface area contributed by atoms with Gasteiger partial charge in [0.05, 0.1) is 0 Å². The molecule has 0 atom stereocenters. The van der Waals surface area contributed by atoms with Crippen molar-refractivity contribution in [1.82, 2.24) is 0 Å². The molecule has 0 unspecified atom stereocenters. The number of aliphatic hydroxyl groups is 1. The van der Waals surface area contributed by atoms with E-state index in [2.05, 4.69) is 6.58 Å². The van der Waals surface area contributed by atoms with Gasteiger partial charge in [0.2, 0.25) is 0 Å². The van der Waals surface area contributed by atoms with Crippen LogP contribution in [0.5, 0.6) is 0 Å². The predicted molar refractivity (Wildman–Crippen MR) is 61.8 cm³/mol. The maximum absolute atomic E-state index is 10.1. The molecule has 1 N–H and O–H groups in total. The second kappa shape index (κ2) is 2.74. The summed E-state index contributed by atoms with van der Waals surface area (Å²) in [6.07, 6.45) is 0. The average Bonchev–Trinajstić information content (AvgIpc) is 2.55. The summed E-state index contributed by atoms with van der Waals surface area (Å²) in [5.74, 6) is 0.353. The Bertz CT molecular complexity index is 653. The van der Waals surface area contributed by atoms with Crippen LogP contribution < -0.4 is 10.4 Å². The Balaban J connectivity index is 2.58. The van der Waals surface area contributed by atoms with E-state index in [4.69, 9.17) is 0 Å². The molecular weight excluding hydrogens is 184 g/mol. The van der Waals surface area contributed by atoms with Crippen molar-refractivity contribution in [3.8, 4) is 11.1 Å². The van der Waals surface area contributed by atoms with Crippen molar-refractivity contribution in [1.29, 1.82) is 0 Å². The molecule has 1 nitrogen and oxygen atoms in total. The Labute approximate surface area is 87.6 Å². The minimum absolute atomic E-state index is 0.353. The van der Waals surface area contributed by atoms with Crippen LogP contribution in [0.15, 0.2) is 42.5 Å². The van der Waals surface area contributed by atoms with Crippen LogP contribution in [0.4, 0.5) is 0 Å². The number of hydrogen-bond donors (Lipinski definition) is 1. The molecule has 0 amide bonds. The van der Waals surface area contributed by atoms with E-state index in [1.54, 1.807) is 0 Å². The second-order valence-corrected chi connectivity index (χ2v) is 3.73. The summed E-state index contributed by atoms with van der Waals surface area (Å²) in [4.78, 5) is 0. The van der Waals surface area contributed by atoms with E-state index in [1.807, 2.05) is 42.5 Å². The van der Waals surface area contributed by atoms with Crippen LogP contribution in [0, 0.1) is 0 Å². The largest absolute Gasteiger partial charge is 0.507 e. The first-order valence-electron chi connectivity index (χ1n) is 4.90. The molecule has 0 bridgehead atoms. The molecule has 0 fully saturated rings. The van der Waals surface area contributed by atoms with Crippen LogP contribution in [-0.2, 0) is 0 Å². The molecule has 0 aromatic heterocycles. The highest BCUT2D eigenvalue weighted by Crippen LogP contribution is 2.28. The van der Waals surface area contributed by atoms with Gasteiger partial charge in [0.25, 0.3) is 0 Å². The van der Waals surface area contributed by atoms with Crippen LogP contribution in [0.1, 0.15) is 5.56 Å². The highest BCUT2D eigenvalue weighted by molar-refractivity contribution is 5.86. The van der Waals surface area contributed by atoms with Crippen molar-refractivity contribution in [3.63, 3.8) is 0 Å². The summed E-state index contributed by atoms with van der Waals surface area (Å²) >= 11 is 0. The molecular formula is C14H10O. The third kappa shape index (κ3) is 0.975.